The molecule has 1 atom stereocenters. The number of rotatable bonds is 0. The predicted molar refractivity (Wildman–Crippen MR) is 52.6 cm³/mol. The summed E-state index contributed by atoms with van der Waals surface area (Å²) in [5.74, 6) is 0.247. The molecule has 0 bridgehead atoms. The summed E-state index contributed by atoms with van der Waals surface area (Å²) in [7, 11) is 0. The number of fused-ring (bicyclic) bond motifs is 1. The summed E-state index contributed by atoms with van der Waals surface area (Å²) in [6.45, 7) is 3.01. The van der Waals surface area contributed by atoms with Gasteiger partial charge in [-0.3, -0.25) is 0 Å². The van der Waals surface area contributed by atoms with Crippen LogP contribution in [0.3, 0.4) is 0 Å². The Morgan fingerprint density at radius 2 is 2.31 bits per heavy atom. The smallest absolute Gasteiger partial charge is 0.143 e. The normalized spacial score (nSPS) is 21.2. The van der Waals surface area contributed by atoms with Crippen molar-refractivity contribution in [3.8, 4) is 5.75 Å². The van der Waals surface area contributed by atoms with Crippen molar-refractivity contribution in [2.75, 3.05) is 12.3 Å². The molecular weight excluding hydrogens is 164 g/mol. The summed E-state index contributed by atoms with van der Waals surface area (Å²) in [5, 5.41) is 13.0. The van der Waals surface area contributed by atoms with E-state index in [1.54, 1.807) is 6.07 Å². The number of nitrogens with one attached hydrogen (secondary N) is 1. The zero-order chi connectivity index (χ0) is 9.42. The number of hydrogen-bond donors (Lipinski definition) is 3. The molecule has 2 rings (SSSR count). The second kappa shape index (κ2) is 2.92. The van der Waals surface area contributed by atoms with E-state index in [1.807, 2.05) is 13.0 Å². The molecule has 0 saturated carbocycles. The Balaban J connectivity index is 2.58. The Bertz CT molecular complexity index is 336. The van der Waals surface area contributed by atoms with Crippen LogP contribution in [0.2, 0.25) is 0 Å². The number of anilines is 1. The molecule has 0 spiro atoms. The van der Waals surface area contributed by atoms with E-state index >= 15 is 0 Å². The van der Waals surface area contributed by atoms with Crippen molar-refractivity contribution in [3.63, 3.8) is 0 Å². The maximum absolute atomic E-state index is 9.75. The van der Waals surface area contributed by atoms with Crippen molar-refractivity contribution in [1.29, 1.82) is 0 Å². The van der Waals surface area contributed by atoms with E-state index in [4.69, 9.17) is 5.73 Å². The van der Waals surface area contributed by atoms with Crippen LogP contribution in [0.4, 0.5) is 5.69 Å². The molecule has 0 saturated heterocycles. The molecule has 0 fully saturated rings. The van der Waals surface area contributed by atoms with Gasteiger partial charge in [0, 0.05) is 11.6 Å². The lowest BCUT2D eigenvalue weighted by Gasteiger charge is -2.25. The number of benzene rings is 1. The molecule has 13 heavy (non-hydrogen) atoms. The number of nitrogen functional groups attached to an aromatic ring is 1. The van der Waals surface area contributed by atoms with E-state index in [0.717, 1.165) is 18.5 Å². The van der Waals surface area contributed by atoms with E-state index in [0.29, 0.717) is 5.69 Å². The first-order valence-corrected chi connectivity index (χ1v) is 4.53. The van der Waals surface area contributed by atoms with Gasteiger partial charge in [-0.2, -0.15) is 0 Å². The third kappa shape index (κ3) is 1.25. The SMILES string of the molecule is CC1NCCc2ccc(N)c(O)c21. The molecule has 3 nitrogen and oxygen atoms in total. The maximum atomic E-state index is 9.75. The zero-order valence-electron chi connectivity index (χ0n) is 7.67. The highest BCUT2D eigenvalue weighted by Crippen LogP contribution is 2.34. The minimum atomic E-state index is 0.201. The largest absolute Gasteiger partial charge is 0.505 e. The van der Waals surface area contributed by atoms with Gasteiger partial charge in [0.15, 0.2) is 0 Å². The molecule has 1 aliphatic rings. The van der Waals surface area contributed by atoms with Crippen molar-refractivity contribution < 1.29 is 5.11 Å². The van der Waals surface area contributed by atoms with Gasteiger partial charge in [-0.05, 0) is 31.5 Å². The first-order valence-electron chi connectivity index (χ1n) is 4.53. The molecule has 0 amide bonds. The lowest BCUT2D eigenvalue weighted by Crippen LogP contribution is -2.27. The van der Waals surface area contributed by atoms with Gasteiger partial charge in [-0.15, -0.1) is 0 Å². The van der Waals surface area contributed by atoms with Crippen LogP contribution in [0.25, 0.3) is 0 Å². The molecule has 4 N–H and O–H groups in total. The number of hydrogen-bond acceptors (Lipinski definition) is 3. The third-order valence-corrected chi connectivity index (χ3v) is 2.62. The summed E-state index contributed by atoms with van der Waals surface area (Å²) in [5.41, 5.74) is 8.27. The van der Waals surface area contributed by atoms with E-state index in [1.165, 1.54) is 5.56 Å². The molecule has 1 heterocycles. The Morgan fingerprint density at radius 1 is 1.54 bits per heavy atom. The van der Waals surface area contributed by atoms with Crippen molar-refractivity contribution in [3.05, 3.63) is 23.3 Å². The molecule has 0 aliphatic carbocycles. The fourth-order valence-corrected chi connectivity index (χ4v) is 1.89. The van der Waals surface area contributed by atoms with Crippen molar-refractivity contribution >= 4 is 5.69 Å². The summed E-state index contributed by atoms with van der Waals surface area (Å²) < 4.78 is 0. The number of phenols is 1. The van der Waals surface area contributed by atoms with Crippen LogP contribution in [0, 0.1) is 0 Å². The van der Waals surface area contributed by atoms with Gasteiger partial charge in [0.25, 0.3) is 0 Å². The first-order chi connectivity index (χ1) is 6.20. The standard InChI is InChI=1S/C10H14N2O/c1-6-9-7(4-5-12-6)2-3-8(11)10(9)13/h2-3,6,12-13H,4-5,11H2,1H3. The Labute approximate surface area is 77.6 Å². The minimum absolute atomic E-state index is 0.201. The number of nitrogens with two attached hydrogens (primary N) is 1. The summed E-state index contributed by atoms with van der Waals surface area (Å²) in [4.78, 5) is 0. The third-order valence-electron chi connectivity index (χ3n) is 2.62. The van der Waals surface area contributed by atoms with Gasteiger partial charge in [-0.1, -0.05) is 6.07 Å². The fraction of sp³-hybridized carbons (Fsp3) is 0.400. The van der Waals surface area contributed by atoms with Crippen molar-refractivity contribution in [2.24, 2.45) is 0 Å². The van der Waals surface area contributed by atoms with E-state index in [-0.39, 0.29) is 11.8 Å². The number of aromatic hydroxyl groups is 1. The minimum Gasteiger partial charge on any atom is -0.505 e. The first kappa shape index (κ1) is 8.38. The summed E-state index contributed by atoms with van der Waals surface area (Å²) in [6.07, 6.45) is 0.966. The van der Waals surface area contributed by atoms with Gasteiger partial charge in [0.1, 0.15) is 5.75 Å². The molecule has 3 heteroatoms. The molecule has 1 aromatic carbocycles. The second-order valence-corrected chi connectivity index (χ2v) is 3.50. The van der Waals surface area contributed by atoms with Gasteiger partial charge in [-0.25, -0.2) is 0 Å². The van der Waals surface area contributed by atoms with Crippen LogP contribution >= 0.6 is 0 Å². The van der Waals surface area contributed by atoms with Crippen LogP contribution in [0.15, 0.2) is 12.1 Å². The Hall–Kier alpha value is -1.22. The van der Waals surface area contributed by atoms with E-state index in [9.17, 15) is 5.11 Å². The Morgan fingerprint density at radius 3 is 3.08 bits per heavy atom. The highest BCUT2D eigenvalue weighted by atomic mass is 16.3. The van der Waals surface area contributed by atoms with Crippen molar-refractivity contribution in [1.82, 2.24) is 5.32 Å². The average Bonchev–Trinajstić information content (AvgIpc) is 2.12. The lowest BCUT2D eigenvalue weighted by atomic mass is 9.94. The Kier molecular flexibility index (Phi) is 1.88. The molecule has 0 radical (unpaired) electrons. The van der Waals surface area contributed by atoms with Gasteiger partial charge < -0.3 is 16.2 Å². The maximum Gasteiger partial charge on any atom is 0.143 e. The highest BCUT2D eigenvalue weighted by molar-refractivity contribution is 5.60. The topological polar surface area (TPSA) is 58.3 Å². The van der Waals surface area contributed by atoms with Crippen LogP contribution < -0.4 is 11.1 Å². The van der Waals surface area contributed by atoms with E-state index < -0.39 is 0 Å². The second-order valence-electron chi connectivity index (χ2n) is 3.50. The summed E-state index contributed by atoms with van der Waals surface area (Å²) in [6, 6.07) is 3.97. The van der Waals surface area contributed by atoms with Gasteiger partial charge in [0.05, 0.1) is 5.69 Å². The molecule has 0 aromatic heterocycles. The molecule has 1 unspecified atom stereocenters. The van der Waals surface area contributed by atoms with Crippen LogP contribution in [-0.2, 0) is 6.42 Å². The molecule has 70 valence electrons. The van der Waals surface area contributed by atoms with Crippen LogP contribution in [0.1, 0.15) is 24.1 Å². The monoisotopic (exact) mass is 178 g/mol. The zero-order valence-corrected chi connectivity index (χ0v) is 7.67. The molecule has 1 aliphatic heterocycles. The predicted octanol–water partition coefficient (Wildman–Crippen LogP) is 1.18. The molecular formula is C10H14N2O. The average molecular weight is 178 g/mol. The van der Waals surface area contributed by atoms with Gasteiger partial charge in [0.2, 0.25) is 0 Å². The number of phenolic OH excluding ortho intramolecular Hbond substituents is 1. The van der Waals surface area contributed by atoms with Crippen molar-refractivity contribution in [2.45, 2.75) is 19.4 Å². The highest BCUT2D eigenvalue weighted by Gasteiger charge is 2.20. The summed E-state index contributed by atoms with van der Waals surface area (Å²) >= 11 is 0. The lowest BCUT2D eigenvalue weighted by molar-refractivity contribution is 0.445. The quantitative estimate of drug-likeness (QED) is 0.413. The van der Waals surface area contributed by atoms with Crippen LogP contribution in [0.5, 0.6) is 5.75 Å². The van der Waals surface area contributed by atoms with Crippen LogP contribution in [-0.4, -0.2) is 11.7 Å². The fourth-order valence-electron chi connectivity index (χ4n) is 1.89. The van der Waals surface area contributed by atoms with E-state index in [2.05, 4.69) is 5.32 Å². The molecule has 1 aromatic rings. The van der Waals surface area contributed by atoms with Gasteiger partial charge >= 0.3 is 0 Å².